The third-order valence-corrected chi connectivity index (χ3v) is 4.64. The van der Waals surface area contributed by atoms with Gasteiger partial charge >= 0.3 is 18.0 Å². The monoisotopic (exact) mass is 442 g/mol. The van der Waals surface area contributed by atoms with Crippen molar-refractivity contribution in [3.8, 4) is 0 Å². The van der Waals surface area contributed by atoms with Gasteiger partial charge in [-0.2, -0.15) is 0 Å². The number of nitrogens with one attached hydrogen (secondary N) is 2. The highest BCUT2D eigenvalue weighted by molar-refractivity contribution is 5.89. The van der Waals surface area contributed by atoms with E-state index in [0.717, 1.165) is 11.1 Å². The molecule has 0 heterocycles. The van der Waals surface area contributed by atoms with Crippen LogP contribution in [0.1, 0.15) is 29.5 Å². The van der Waals surface area contributed by atoms with Crippen molar-refractivity contribution in [2.24, 2.45) is 0 Å². The van der Waals surface area contributed by atoms with E-state index in [1.54, 1.807) is 36.4 Å². The quantitative estimate of drug-likeness (QED) is 0.418. The zero-order valence-electron chi connectivity index (χ0n) is 17.6. The number of rotatable bonds is 11. The summed E-state index contributed by atoms with van der Waals surface area (Å²) in [6.07, 6.45) is -1.50. The number of carbonyl (C=O) groups excluding carboxylic acids is 2. The number of ether oxygens (including phenoxy) is 1. The molecule has 0 aliphatic heterocycles. The molecule has 32 heavy (non-hydrogen) atoms. The van der Waals surface area contributed by atoms with Crippen molar-refractivity contribution in [1.29, 1.82) is 0 Å². The number of carboxylic acid groups (broad SMARTS) is 2. The number of aliphatic carboxylic acids is 2. The van der Waals surface area contributed by atoms with Crippen molar-refractivity contribution < 1.29 is 34.1 Å². The fourth-order valence-corrected chi connectivity index (χ4v) is 2.88. The largest absolute Gasteiger partial charge is 0.481 e. The fraction of sp³-hybridized carbons (Fsp3) is 0.304. The van der Waals surface area contributed by atoms with Crippen molar-refractivity contribution in [3.05, 3.63) is 71.3 Å². The first kappa shape index (κ1) is 24.4. The summed E-state index contributed by atoms with van der Waals surface area (Å²) in [6.45, 7) is 1.86. The molecule has 0 radical (unpaired) electrons. The Morgan fingerprint density at radius 2 is 1.53 bits per heavy atom. The number of carbonyl (C=O) groups is 4. The highest BCUT2D eigenvalue weighted by atomic mass is 16.5. The number of aryl methyl sites for hydroxylation is 1. The van der Waals surface area contributed by atoms with Gasteiger partial charge in [0.25, 0.3) is 0 Å². The van der Waals surface area contributed by atoms with Crippen LogP contribution >= 0.6 is 0 Å². The van der Waals surface area contributed by atoms with E-state index in [1.807, 2.05) is 25.1 Å². The Morgan fingerprint density at radius 3 is 2.12 bits per heavy atom. The Balaban J connectivity index is 2.01. The van der Waals surface area contributed by atoms with E-state index in [2.05, 4.69) is 10.6 Å². The Morgan fingerprint density at radius 1 is 0.875 bits per heavy atom. The van der Waals surface area contributed by atoms with E-state index in [0.29, 0.717) is 5.56 Å². The molecule has 0 fully saturated rings. The standard InChI is InChI=1S/C23H26N2O7/c1-15-7-9-16(10-8-15)13-19(22(29)30)24-21(28)18(11-12-20(26)27)25-23(31)32-14-17-5-3-2-4-6-17/h2-10,18-19H,11-14H2,1H3,(H,24,28)(H,25,31)(H,26,27)(H,29,30)/t18-,19-/m0/s1. The third kappa shape index (κ3) is 8.47. The van der Waals surface area contributed by atoms with Crippen LogP contribution in [0.25, 0.3) is 0 Å². The van der Waals surface area contributed by atoms with Gasteiger partial charge in [-0.25, -0.2) is 9.59 Å². The lowest BCUT2D eigenvalue weighted by Crippen LogP contribution is -2.52. The molecule has 0 aromatic heterocycles. The van der Waals surface area contributed by atoms with Crippen LogP contribution in [0.15, 0.2) is 54.6 Å². The minimum absolute atomic E-state index is 0.0332. The van der Waals surface area contributed by atoms with Crippen LogP contribution < -0.4 is 10.6 Å². The lowest BCUT2D eigenvalue weighted by atomic mass is 10.0. The Kier molecular flexibility index (Phi) is 9.22. The van der Waals surface area contributed by atoms with Crippen LogP contribution in [0.2, 0.25) is 0 Å². The molecule has 2 atom stereocenters. The van der Waals surface area contributed by atoms with Gasteiger partial charge in [-0.05, 0) is 24.5 Å². The number of alkyl carbamates (subject to hydrolysis) is 1. The predicted octanol–water partition coefficient (Wildman–Crippen LogP) is 2.27. The smallest absolute Gasteiger partial charge is 0.408 e. The van der Waals surface area contributed by atoms with Gasteiger partial charge < -0.3 is 25.6 Å². The van der Waals surface area contributed by atoms with Crippen molar-refractivity contribution in [2.75, 3.05) is 0 Å². The second kappa shape index (κ2) is 12.1. The van der Waals surface area contributed by atoms with Crippen LogP contribution in [0.3, 0.4) is 0 Å². The first-order valence-electron chi connectivity index (χ1n) is 10.0. The molecule has 2 aromatic rings. The Bertz CT molecular complexity index is 929. The molecule has 0 spiro atoms. The van der Waals surface area contributed by atoms with Gasteiger partial charge in [0.15, 0.2) is 0 Å². The first-order chi connectivity index (χ1) is 15.2. The van der Waals surface area contributed by atoms with Crippen LogP contribution in [0, 0.1) is 6.92 Å². The van der Waals surface area contributed by atoms with Gasteiger partial charge in [0.05, 0.1) is 0 Å². The summed E-state index contributed by atoms with van der Waals surface area (Å²) in [5.74, 6) is -3.21. The summed E-state index contributed by atoms with van der Waals surface area (Å²) in [5, 5.41) is 23.2. The summed E-state index contributed by atoms with van der Waals surface area (Å²) >= 11 is 0. The summed E-state index contributed by atoms with van der Waals surface area (Å²) in [5.41, 5.74) is 2.45. The number of carboxylic acids is 2. The van der Waals surface area contributed by atoms with Crippen LogP contribution in [-0.2, 0) is 32.1 Å². The van der Waals surface area contributed by atoms with Crippen molar-refractivity contribution in [3.63, 3.8) is 0 Å². The summed E-state index contributed by atoms with van der Waals surface area (Å²) in [6, 6.07) is 13.5. The highest BCUT2D eigenvalue weighted by Crippen LogP contribution is 2.08. The van der Waals surface area contributed by atoms with E-state index in [9.17, 15) is 24.3 Å². The van der Waals surface area contributed by atoms with Crippen molar-refractivity contribution in [1.82, 2.24) is 10.6 Å². The third-order valence-electron chi connectivity index (χ3n) is 4.64. The molecule has 9 heteroatoms. The molecule has 2 rings (SSSR count). The Hall–Kier alpha value is -3.88. The van der Waals surface area contributed by atoms with E-state index < -0.39 is 42.4 Å². The van der Waals surface area contributed by atoms with Gasteiger partial charge in [-0.15, -0.1) is 0 Å². The van der Waals surface area contributed by atoms with E-state index in [4.69, 9.17) is 9.84 Å². The van der Waals surface area contributed by atoms with E-state index in [-0.39, 0.29) is 19.4 Å². The maximum atomic E-state index is 12.7. The molecule has 0 saturated heterocycles. The number of hydrogen-bond donors (Lipinski definition) is 4. The van der Waals surface area contributed by atoms with E-state index in [1.165, 1.54) is 0 Å². The molecule has 2 aromatic carbocycles. The molecule has 9 nitrogen and oxygen atoms in total. The second-order valence-electron chi connectivity index (χ2n) is 7.28. The predicted molar refractivity (Wildman–Crippen MR) is 115 cm³/mol. The average molecular weight is 442 g/mol. The molecular formula is C23H26N2O7. The lowest BCUT2D eigenvalue weighted by Gasteiger charge is -2.21. The van der Waals surface area contributed by atoms with Gasteiger partial charge in [-0.1, -0.05) is 60.2 Å². The molecule has 0 unspecified atom stereocenters. The molecule has 0 aliphatic carbocycles. The SMILES string of the molecule is Cc1ccc(C[C@H](NC(=O)[C@H](CCC(=O)O)NC(=O)OCc2ccccc2)C(=O)O)cc1. The molecule has 0 bridgehead atoms. The fourth-order valence-electron chi connectivity index (χ4n) is 2.88. The van der Waals surface area contributed by atoms with Gasteiger partial charge in [0, 0.05) is 12.8 Å². The zero-order valence-corrected chi connectivity index (χ0v) is 17.6. The van der Waals surface area contributed by atoms with Gasteiger partial charge in [0.2, 0.25) is 5.91 Å². The molecule has 4 N–H and O–H groups in total. The summed E-state index contributed by atoms with van der Waals surface area (Å²) in [7, 11) is 0. The van der Waals surface area contributed by atoms with E-state index >= 15 is 0 Å². The summed E-state index contributed by atoms with van der Waals surface area (Å²) in [4.78, 5) is 47.4. The topological polar surface area (TPSA) is 142 Å². The van der Waals surface area contributed by atoms with Crippen molar-refractivity contribution in [2.45, 2.75) is 44.9 Å². The van der Waals surface area contributed by atoms with Crippen LogP contribution in [-0.4, -0.2) is 46.2 Å². The Labute approximate surface area is 185 Å². The summed E-state index contributed by atoms with van der Waals surface area (Å²) < 4.78 is 5.08. The zero-order chi connectivity index (χ0) is 23.5. The van der Waals surface area contributed by atoms with Crippen LogP contribution in [0.5, 0.6) is 0 Å². The lowest BCUT2D eigenvalue weighted by molar-refractivity contribution is -0.142. The number of hydrogen-bond acceptors (Lipinski definition) is 5. The number of amides is 2. The maximum Gasteiger partial charge on any atom is 0.408 e. The van der Waals surface area contributed by atoms with Gasteiger partial charge in [0.1, 0.15) is 18.7 Å². The minimum Gasteiger partial charge on any atom is -0.481 e. The molecular weight excluding hydrogens is 416 g/mol. The number of benzene rings is 2. The highest BCUT2D eigenvalue weighted by Gasteiger charge is 2.27. The van der Waals surface area contributed by atoms with Gasteiger partial charge in [-0.3, -0.25) is 9.59 Å². The second-order valence-corrected chi connectivity index (χ2v) is 7.28. The molecule has 0 aliphatic rings. The molecule has 0 saturated carbocycles. The van der Waals surface area contributed by atoms with Crippen molar-refractivity contribution >= 4 is 23.9 Å². The maximum absolute atomic E-state index is 12.7. The normalized spacial score (nSPS) is 12.3. The van der Waals surface area contributed by atoms with Crippen LogP contribution in [0.4, 0.5) is 4.79 Å². The molecule has 2 amide bonds. The molecule has 170 valence electrons. The minimum atomic E-state index is -1.27. The first-order valence-corrected chi connectivity index (χ1v) is 10.0. The average Bonchev–Trinajstić information content (AvgIpc) is 2.76.